The van der Waals surface area contributed by atoms with Crippen LogP contribution in [0.1, 0.15) is 5.56 Å². The molecule has 14 heavy (non-hydrogen) atoms. The maximum atomic E-state index is 5.45. The minimum absolute atomic E-state index is 0.652. The summed E-state index contributed by atoms with van der Waals surface area (Å²) in [6, 6.07) is 12.6. The maximum absolute atomic E-state index is 5.45. The molecule has 2 nitrogen and oxygen atoms in total. The fourth-order valence-electron chi connectivity index (χ4n) is 1.03. The Balaban J connectivity index is 2.14. The summed E-state index contributed by atoms with van der Waals surface area (Å²) in [5, 5.41) is 0. The van der Waals surface area contributed by atoms with Crippen molar-refractivity contribution in [2.45, 2.75) is 6.61 Å². The Kier molecular flexibility index (Phi) is 4.60. The smallest absolute Gasteiger partial charge is 0.0717 e. The second kappa shape index (κ2) is 6.06. The second-order valence-electron chi connectivity index (χ2n) is 3.09. The topological polar surface area (TPSA) is 12.5 Å². The molecule has 0 saturated carbocycles. The Labute approximate surface area is 85.5 Å². The maximum Gasteiger partial charge on any atom is 0.0717 e. The summed E-state index contributed by atoms with van der Waals surface area (Å²) in [5.74, 6) is 0. The predicted molar refractivity (Wildman–Crippen MR) is 57.6 cm³/mol. The van der Waals surface area contributed by atoms with Crippen LogP contribution in [0.5, 0.6) is 0 Å². The van der Waals surface area contributed by atoms with E-state index in [1.807, 2.05) is 37.4 Å². The zero-order valence-corrected chi connectivity index (χ0v) is 8.44. The molecule has 1 aromatic carbocycles. The first-order chi connectivity index (χ1) is 6.83. The van der Waals surface area contributed by atoms with Crippen molar-refractivity contribution in [2.24, 2.45) is 0 Å². The summed E-state index contributed by atoms with van der Waals surface area (Å²) in [6.07, 6.45) is 5.19. The summed E-state index contributed by atoms with van der Waals surface area (Å²) in [5.41, 5.74) is 1.19. The molecule has 0 unspecified atom stereocenters. The Hall–Kier alpha value is -1.46. The van der Waals surface area contributed by atoms with E-state index in [9.17, 15) is 0 Å². The fourth-order valence-corrected chi connectivity index (χ4v) is 1.03. The van der Waals surface area contributed by atoms with Crippen molar-refractivity contribution in [3.63, 3.8) is 0 Å². The highest BCUT2D eigenvalue weighted by molar-refractivity contribution is 5.13. The van der Waals surface area contributed by atoms with Crippen molar-refractivity contribution in [3.05, 3.63) is 35.9 Å². The van der Waals surface area contributed by atoms with Crippen LogP contribution in [0.4, 0.5) is 0 Å². The molecule has 0 aromatic heterocycles. The monoisotopic (exact) mass is 189 g/mol. The van der Waals surface area contributed by atoms with Gasteiger partial charge in [-0.25, -0.2) is 0 Å². The molecule has 0 N–H and O–H groups in total. The van der Waals surface area contributed by atoms with Crippen molar-refractivity contribution in [1.29, 1.82) is 0 Å². The Morgan fingerprint density at radius 3 is 2.71 bits per heavy atom. The van der Waals surface area contributed by atoms with Gasteiger partial charge in [0.1, 0.15) is 0 Å². The van der Waals surface area contributed by atoms with Crippen LogP contribution >= 0.6 is 0 Å². The lowest BCUT2D eigenvalue weighted by atomic mass is 10.2. The summed E-state index contributed by atoms with van der Waals surface area (Å²) in [4.78, 5) is 1.77. The molecule has 1 aromatic rings. The minimum Gasteiger partial charge on any atom is -0.375 e. The summed E-state index contributed by atoms with van der Waals surface area (Å²) in [7, 11) is 1.87. The highest BCUT2D eigenvalue weighted by Crippen LogP contribution is 1.99. The zero-order chi connectivity index (χ0) is 10.2. The van der Waals surface area contributed by atoms with Crippen LogP contribution in [0.3, 0.4) is 0 Å². The van der Waals surface area contributed by atoms with Gasteiger partial charge in [0.05, 0.1) is 13.2 Å². The summed E-state index contributed by atoms with van der Waals surface area (Å²) < 4.78 is 5.45. The van der Waals surface area contributed by atoms with Crippen LogP contribution in [0, 0.1) is 12.5 Å². The molecule has 74 valence electrons. The molecule has 0 amide bonds. The SMILES string of the molecule is C#CN(C)CCOCc1ccccc1. The number of ether oxygens (including phenoxy) is 1. The van der Waals surface area contributed by atoms with Gasteiger partial charge in [-0.15, -0.1) is 0 Å². The zero-order valence-electron chi connectivity index (χ0n) is 8.44. The second-order valence-corrected chi connectivity index (χ2v) is 3.09. The molecular weight excluding hydrogens is 174 g/mol. The first kappa shape index (κ1) is 10.6. The van der Waals surface area contributed by atoms with Crippen molar-refractivity contribution in [3.8, 4) is 12.5 Å². The number of hydrogen-bond acceptors (Lipinski definition) is 2. The van der Waals surface area contributed by atoms with Crippen molar-refractivity contribution >= 4 is 0 Å². The lowest BCUT2D eigenvalue weighted by Crippen LogP contribution is -2.17. The third-order valence-corrected chi connectivity index (χ3v) is 1.90. The normalized spacial score (nSPS) is 9.43. The first-order valence-electron chi connectivity index (χ1n) is 4.62. The van der Waals surface area contributed by atoms with Gasteiger partial charge in [-0.3, -0.25) is 0 Å². The van der Waals surface area contributed by atoms with Gasteiger partial charge in [-0.1, -0.05) is 36.8 Å². The van der Waals surface area contributed by atoms with Crippen LogP contribution < -0.4 is 0 Å². The van der Waals surface area contributed by atoms with Gasteiger partial charge in [0.15, 0.2) is 0 Å². The van der Waals surface area contributed by atoms with E-state index in [1.165, 1.54) is 5.56 Å². The molecule has 0 saturated heterocycles. The molecule has 0 aliphatic rings. The molecule has 1 rings (SSSR count). The van der Waals surface area contributed by atoms with E-state index in [1.54, 1.807) is 4.90 Å². The number of benzene rings is 1. The van der Waals surface area contributed by atoms with E-state index in [2.05, 4.69) is 6.04 Å². The molecule has 0 atom stereocenters. The van der Waals surface area contributed by atoms with Gasteiger partial charge in [0.2, 0.25) is 0 Å². The molecule has 0 bridgehead atoms. The van der Waals surface area contributed by atoms with Gasteiger partial charge in [-0.2, -0.15) is 0 Å². The van der Waals surface area contributed by atoms with Gasteiger partial charge >= 0.3 is 0 Å². The minimum atomic E-state index is 0.652. The molecule has 0 radical (unpaired) electrons. The molecule has 0 spiro atoms. The van der Waals surface area contributed by atoms with Crippen molar-refractivity contribution in [1.82, 2.24) is 4.90 Å². The number of rotatable bonds is 5. The van der Waals surface area contributed by atoms with Gasteiger partial charge in [-0.05, 0) is 5.56 Å². The van der Waals surface area contributed by atoms with E-state index in [-0.39, 0.29) is 0 Å². The molecule has 0 heterocycles. The average Bonchev–Trinajstić information content (AvgIpc) is 2.25. The van der Waals surface area contributed by atoms with Crippen LogP contribution in [0.2, 0.25) is 0 Å². The Morgan fingerprint density at radius 2 is 2.07 bits per heavy atom. The van der Waals surface area contributed by atoms with Crippen LogP contribution in [0.15, 0.2) is 30.3 Å². The number of likely N-dealkylation sites (N-methyl/N-ethyl adjacent to an activating group) is 1. The van der Waals surface area contributed by atoms with E-state index in [0.29, 0.717) is 13.2 Å². The third kappa shape index (κ3) is 3.97. The molecule has 0 fully saturated rings. The van der Waals surface area contributed by atoms with Crippen LogP contribution in [0.25, 0.3) is 0 Å². The Bertz CT molecular complexity index is 289. The molecular formula is C12H15NO. The molecule has 0 aliphatic heterocycles. The summed E-state index contributed by atoms with van der Waals surface area (Å²) >= 11 is 0. The van der Waals surface area contributed by atoms with Crippen molar-refractivity contribution in [2.75, 3.05) is 20.2 Å². The lowest BCUT2D eigenvalue weighted by molar-refractivity contribution is 0.110. The molecule has 0 aliphatic carbocycles. The Morgan fingerprint density at radius 1 is 1.36 bits per heavy atom. The molecule has 2 heteroatoms. The number of hydrogen-bond donors (Lipinski definition) is 0. The lowest BCUT2D eigenvalue weighted by Gasteiger charge is -2.10. The average molecular weight is 189 g/mol. The van der Waals surface area contributed by atoms with Crippen LogP contribution in [-0.4, -0.2) is 25.1 Å². The van der Waals surface area contributed by atoms with E-state index < -0.39 is 0 Å². The fraction of sp³-hybridized carbons (Fsp3) is 0.333. The van der Waals surface area contributed by atoms with E-state index in [0.717, 1.165) is 6.54 Å². The standard InChI is InChI=1S/C12H15NO/c1-3-13(2)9-10-14-11-12-7-5-4-6-8-12/h1,4-8H,9-11H2,2H3. The van der Waals surface area contributed by atoms with Gasteiger partial charge < -0.3 is 9.64 Å². The van der Waals surface area contributed by atoms with E-state index in [4.69, 9.17) is 11.2 Å². The quantitative estimate of drug-likeness (QED) is 0.397. The first-order valence-corrected chi connectivity index (χ1v) is 4.62. The van der Waals surface area contributed by atoms with Crippen LogP contribution in [-0.2, 0) is 11.3 Å². The van der Waals surface area contributed by atoms with Crippen molar-refractivity contribution < 1.29 is 4.74 Å². The van der Waals surface area contributed by atoms with E-state index >= 15 is 0 Å². The number of nitrogens with zero attached hydrogens (tertiary/aromatic N) is 1. The predicted octanol–water partition coefficient (Wildman–Crippen LogP) is 1.73. The number of terminal acetylenes is 1. The highest BCUT2D eigenvalue weighted by Gasteiger charge is 1.93. The highest BCUT2D eigenvalue weighted by atomic mass is 16.5. The van der Waals surface area contributed by atoms with Gasteiger partial charge in [0, 0.05) is 19.6 Å². The summed E-state index contributed by atoms with van der Waals surface area (Å²) in [6.45, 7) is 2.08. The van der Waals surface area contributed by atoms with Gasteiger partial charge in [0.25, 0.3) is 0 Å². The third-order valence-electron chi connectivity index (χ3n) is 1.90. The largest absolute Gasteiger partial charge is 0.375 e.